The van der Waals surface area contributed by atoms with Crippen LogP contribution in [0.15, 0.2) is 53.1 Å². The molecule has 23 heavy (non-hydrogen) atoms. The molecule has 0 bridgehead atoms. The van der Waals surface area contributed by atoms with Gasteiger partial charge in [0.1, 0.15) is 0 Å². The molecule has 7 heteroatoms. The first-order valence-electron chi connectivity index (χ1n) is 6.75. The highest BCUT2D eigenvalue weighted by Crippen LogP contribution is 2.25. The maximum atomic E-state index is 12.0. The third-order valence-corrected chi connectivity index (χ3v) is 3.56. The van der Waals surface area contributed by atoms with Crippen LogP contribution in [0.1, 0.15) is 5.82 Å². The summed E-state index contributed by atoms with van der Waals surface area (Å²) in [7, 11) is 0. The summed E-state index contributed by atoms with van der Waals surface area (Å²) in [6.07, 6.45) is -0.0134. The summed E-state index contributed by atoms with van der Waals surface area (Å²) < 4.78 is 5.16. The zero-order valence-electron chi connectivity index (χ0n) is 11.8. The first-order valence-corrected chi connectivity index (χ1v) is 7.50. The van der Waals surface area contributed by atoms with Gasteiger partial charge >= 0.3 is 0 Å². The van der Waals surface area contributed by atoms with Crippen molar-refractivity contribution < 1.29 is 9.32 Å². The first kappa shape index (κ1) is 15.5. The van der Waals surface area contributed by atoms with E-state index in [-0.39, 0.29) is 24.0 Å². The van der Waals surface area contributed by atoms with Crippen molar-refractivity contribution in [2.45, 2.75) is 6.42 Å². The van der Waals surface area contributed by atoms with Gasteiger partial charge in [-0.05, 0) is 30.3 Å². The number of hydrogen-bond acceptors (Lipinski definition) is 4. The molecule has 0 atom stereocenters. The molecule has 0 radical (unpaired) electrons. The topological polar surface area (TPSA) is 68.0 Å². The molecule has 2 aromatic carbocycles. The van der Waals surface area contributed by atoms with Gasteiger partial charge in [-0.1, -0.05) is 46.6 Å². The van der Waals surface area contributed by atoms with E-state index in [1.165, 1.54) is 0 Å². The first-order chi connectivity index (χ1) is 11.1. The van der Waals surface area contributed by atoms with Crippen molar-refractivity contribution in [2.24, 2.45) is 0 Å². The SMILES string of the molecule is O=C(Cc1noc(-c2ccccc2Cl)n1)Nc1cccc(Cl)c1. The molecule has 1 heterocycles. The van der Waals surface area contributed by atoms with Crippen molar-refractivity contribution in [2.75, 3.05) is 5.32 Å². The van der Waals surface area contributed by atoms with E-state index in [9.17, 15) is 4.79 Å². The maximum Gasteiger partial charge on any atom is 0.259 e. The van der Waals surface area contributed by atoms with Crippen LogP contribution in [0.5, 0.6) is 0 Å². The number of carbonyl (C=O) groups is 1. The van der Waals surface area contributed by atoms with Crippen LogP contribution >= 0.6 is 23.2 Å². The summed E-state index contributed by atoms with van der Waals surface area (Å²) in [6.45, 7) is 0. The standard InChI is InChI=1S/C16H11Cl2N3O2/c17-10-4-3-5-11(8-10)19-15(22)9-14-20-16(23-21-14)12-6-1-2-7-13(12)18/h1-8H,9H2,(H,19,22). The number of rotatable bonds is 4. The molecule has 1 amide bonds. The molecular weight excluding hydrogens is 337 g/mol. The average molecular weight is 348 g/mol. The Kier molecular flexibility index (Phi) is 4.60. The second-order valence-corrected chi connectivity index (χ2v) is 5.57. The number of anilines is 1. The van der Waals surface area contributed by atoms with Gasteiger partial charge in [-0.2, -0.15) is 4.98 Å². The fourth-order valence-corrected chi connectivity index (χ4v) is 2.39. The Labute approximate surface area is 142 Å². The van der Waals surface area contributed by atoms with Gasteiger partial charge in [-0.3, -0.25) is 4.79 Å². The predicted molar refractivity (Wildman–Crippen MR) is 88.5 cm³/mol. The van der Waals surface area contributed by atoms with Gasteiger partial charge < -0.3 is 9.84 Å². The average Bonchev–Trinajstić information content (AvgIpc) is 2.95. The summed E-state index contributed by atoms with van der Waals surface area (Å²) in [5.41, 5.74) is 1.24. The molecule has 5 nitrogen and oxygen atoms in total. The number of aromatic nitrogens is 2. The highest BCUT2D eigenvalue weighted by molar-refractivity contribution is 6.33. The Morgan fingerprint density at radius 2 is 1.96 bits per heavy atom. The molecule has 0 spiro atoms. The third kappa shape index (κ3) is 3.88. The van der Waals surface area contributed by atoms with Gasteiger partial charge in [-0.25, -0.2) is 0 Å². The van der Waals surface area contributed by atoms with E-state index < -0.39 is 0 Å². The van der Waals surface area contributed by atoms with Gasteiger partial charge in [0.15, 0.2) is 5.82 Å². The lowest BCUT2D eigenvalue weighted by Gasteiger charge is -2.03. The maximum absolute atomic E-state index is 12.0. The monoisotopic (exact) mass is 347 g/mol. The minimum Gasteiger partial charge on any atom is -0.334 e. The molecule has 1 N–H and O–H groups in total. The van der Waals surface area contributed by atoms with E-state index in [2.05, 4.69) is 15.5 Å². The van der Waals surface area contributed by atoms with Crippen molar-refractivity contribution in [3.8, 4) is 11.5 Å². The molecule has 0 aliphatic carbocycles. The van der Waals surface area contributed by atoms with Gasteiger partial charge in [-0.15, -0.1) is 0 Å². The molecule has 0 unspecified atom stereocenters. The molecule has 0 saturated carbocycles. The summed E-state index contributed by atoms with van der Waals surface area (Å²) in [5, 5.41) is 7.57. The van der Waals surface area contributed by atoms with E-state index in [1.54, 1.807) is 36.4 Å². The number of amides is 1. The minimum atomic E-state index is -0.265. The zero-order valence-corrected chi connectivity index (χ0v) is 13.3. The van der Waals surface area contributed by atoms with Crippen LogP contribution < -0.4 is 5.32 Å². The van der Waals surface area contributed by atoms with Crippen LogP contribution in [0.25, 0.3) is 11.5 Å². The number of carbonyl (C=O) groups excluding carboxylic acids is 1. The van der Waals surface area contributed by atoms with Crippen LogP contribution in [0, 0.1) is 0 Å². The second-order valence-electron chi connectivity index (χ2n) is 4.73. The summed E-state index contributed by atoms with van der Waals surface area (Å²) in [4.78, 5) is 16.2. The van der Waals surface area contributed by atoms with Crippen molar-refractivity contribution in [1.29, 1.82) is 0 Å². The molecule has 0 fully saturated rings. The Bertz CT molecular complexity index is 849. The van der Waals surface area contributed by atoms with Gasteiger partial charge in [0.2, 0.25) is 5.91 Å². The van der Waals surface area contributed by atoms with Crippen molar-refractivity contribution in [3.63, 3.8) is 0 Å². The van der Waals surface area contributed by atoms with E-state index in [0.717, 1.165) is 0 Å². The lowest BCUT2D eigenvalue weighted by atomic mass is 10.2. The van der Waals surface area contributed by atoms with Crippen LogP contribution in [0.3, 0.4) is 0 Å². The fourth-order valence-electron chi connectivity index (χ4n) is 1.98. The quantitative estimate of drug-likeness (QED) is 0.766. The largest absolute Gasteiger partial charge is 0.334 e. The van der Waals surface area contributed by atoms with Crippen molar-refractivity contribution >= 4 is 34.8 Å². The molecule has 1 aromatic heterocycles. The molecule has 0 aliphatic heterocycles. The van der Waals surface area contributed by atoms with E-state index >= 15 is 0 Å². The molecular formula is C16H11Cl2N3O2. The molecule has 3 rings (SSSR count). The Morgan fingerprint density at radius 1 is 1.13 bits per heavy atom. The van der Waals surface area contributed by atoms with Gasteiger partial charge in [0.05, 0.1) is 17.0 Å². The Morgan fingerprint density at radius 3 is 2.74 bits per heavy atom. The molecule has 0 aliphatic rings. The number of halogens is 2. The highest BCUT2D eigenvalue weighted by Gasteiger charge is 2.14. The Balaban J connectivity index is 1.69. The lowest BCUT2D eigenvalue weighted by molar-refractivity contribution is -0.115. The number of benzene rings is 2. The summed E-state index contributed by atoms with van der Waals surface area (Å²) in [5.74, 6) is 0.291. The van der Waals surface area contributed by atoms with Crippen LogP contribution in [-0.2, 0) is 11.2 Å². The molecule has 116 valence electrons. The fraction of sp³-hybridized carbons (Fsp3) is 0.0625. The normalized spacial score (nSPS) is 10.5. The zero-order chi connectivity index (χ0) is 16.2. The second kappa shape index (κ2) is 6.81. The Hall–Kier alpha value is -2.37. The highest BCUT2D eigenvalue weighted by atomic mass is 35.5. The molecule has 3 aromatic rings. The molecule has 0 saturated heterocycles. The van der Waals surface area contributed by atoms with Crippen LogP contribution in [-0.4, -0.2) is 16.0 Å². The lowest BCUT2D eigenvalue weighted by Crippen LogP contribution is -2.15. The van der Waals surface area contributed by atoms with E-state index in [1.807, 2.05) is 12.1 Å². The van der Waals surface area contributed by atoms with E-state index in [0.29, 0.717) is 21.3 Å². The summed E-state index contributed by atoms with van der Waals surface area (Å²) in [6, 6.07) is 14.0. The van der Waals surface area contributed by atoms with Crippen LogP contribution in [0.2, 0.25) is 10.0 Å². The summed E-state index contributed by atoms with van der Waals surface area (Å²) >= 11 is 11.9. The predicted octanol–water partition coefficient (Wildman–Crippen LogP) is 4.22. The van der Waals surface area contributed by atoms with Gasteiger partial charge in [0, 0.05) is 10.7 Å². The van der Waals surface area contributed by atoms with E-state index in [4.69, 9.17) is 27.7 Å². The minimum absolute atomic E-state index is 0.0134. The number of nitrogens with one attached hydrogen (secondary N) is 1. The van der Waals surface area contributed by atoms with Crippen molar-refractivity contribution in [3.05, 3.63) is 64.4 Å². The number of nitrogens with zero attached hydrogens (tertiary/aromatic N) is 2. The number of hydrogen-bond donors (Lipinski definition) is 1. The third-order valence-electron chi connectivity index (χ3n) is 3.00. The smallest absolute Gasteiger partial charge is 0.259 e. The van der Waals surface area contributed by atoms with Crippen molar-refractivity contribution in [1.82, 2.24) is 10.1 Å². The van der Waals surface area contributed by atoms with Gasteiger partial charge in [0.25, 0.3) is 5.89 Å². The van der Waals surface area contributed by atoms with Crippen LogP contribution in [0.4, 0.5) is 5.69 Å².